The summed E-state index contributed by atoms with van der Waals surface area (Å²) >= 11 is 0. The third kappa shape index (κ3) is 5.31. The van der Waals surface area contributed by atoms with Gasteiger partial charge in [-0.3, -0.25) is 4.90 Å². The predicted molar refractivity (Wildman–Crippen MR) is 159 cm³/mol. The minimum atomic E-state index is -1.47. The van der Waals surface area contributed by atoms with Crippen molar-refractivity contribution in [2.75, 3.05) is 7.05 Å². The third-order valence-electron chi connectivity index (χ3n) is 7.06. The van der Waals surface area contributed by atoms with Gasteiger partial charge in [-0.15, -0.1) is 0 Å². The van der Waals surface area contributed by atoms with Crippen LogP contribution in [0.15, 0.2) is 115 Å². The summed E-state index contributed by atoms with van der Waals surface area (Å²) in [6.45, 7) is 1.35. The molecule has 0 spiro atoms. The molecule has 0 saturated carbocycles. The van der Waals surface area contributed by atoms with Gasteiger partial charge >= 0.3 is 7.12 Å². The molecule has 0 saturated heterocycles. The summed E-state index contributed by atoms with van der Waals surface area (Å²) in [7, 11) is 0.557. The van der Waals surface area contributed by atoms with E-state index in [4.69, 9.17) is 9.97 Å². The van der Waals surface area contributed by atoms with Crippen LogP contribution in [0.25, 0.3) is 44.3 Å². The number of pyridine rings is 2. The van der Waals surface area contributed by atoms with E-state index in [1.54, 1.807) is 6.07 Å². The second-order valence-electron chi connectivity index (χ2n) is 9.91. The fourth-order valence-electron chi connectivity index (χ4n) is 5.07. The van der Waals surface area contributed by atoms with Gasteiger partial charge in [-0.1, -0.05) is 103 Å². The summed E-state index contributed by atoms with van der Waals surface area (Å²) in [5, 5.41) is 21.5. The Morgan fingerprint density at radius 1 is 0.590 bits per heavy atom. The molecule has 6 rings (SSSR count). The molecule has 0 atom stereocenters. The molecule has 0 radical (unpaired) electrons. The summed E-state index contributed by atoms with van der Waals surface area (Å²) in [5.41, 5.74) is 8.41. The molecule has 0 amide bonds. The maximum absolute atomic E-state index is 9.66. The standard InChI is InChI=1S/C33H28BN3O2/c1-37(22-28-9-5-6-10-29(28)34(38)39)21-23-11-13-25(14-12-23)31-20-18-27-16-15-26-17-19-30(24-7-3-2-4-8-24)35-32(26)33(27)36-31/h2-20,38-39H,21-22H2,1H3. The first-order valence-electron chi connectivity index (χ1n) is 13.0. The van der Waals surface area contributed by atoms with E-state index in [1.807, 2.05) is 43.4 Å². The Morgan fingerprint density at radius 3 is 1.74 bits per heavy atom. The number of rotatable bonds is 7. The van der Waals surface area contributed by atoms with Crippen molar-refractivity contribution in [3.63, 3.8) is 0 Å². The molecular formula is C33H28BN3O2. The van der Waals surface area contributed by atoms with Crippen LogP contribution in [-0.4, -0.2) is 39.1 Å². The van der Waals surface area contributed by atoms with E-state index in [1.165, 1.54) is 5.56 Å². The van der Waals surface area contributed by atoms with Crippen LogP contribution in [-0.2, 0) is 13.1 Å². The highest BCUT2D eigenvalue weighted by molar-refractivity contribution is 6.59. The van der Waals surface area contributed by atoms with Gasteiger partial charge in [0.15, 0.2) is 0 Å². The zero-order valence-corrected chi connectivity index (χ0v) is 21.7. The third-order valence-corrected chi connectivity index (χ3v) is 7.06. The van der Waals surface area contributed by atoms with Gasteiger partial charge in [0.05, 0.1) is 22.4 Å². The Morgan fingerprint density at radius 2 is 1.13 bits per heavy atom. The smallest absolute Gasteiger partial charge is 0.423 e. The number of nitrogens with zero attached hydrogens (tertiary/aromatic N) is 3. The second kappa shape index (κ2) is 10.8. The lowest BCUT2D eigenvalue weighted by Crippen LogP contribution is -2.34. The fourth-order valence-corrected chi connectivity index (χ4v) is 5.07. The zero-order valence-electron chi connectivity index (χ0n) is 21.7. The van der Waals surface area contributed by atoms with Crippen molar-refractivity contribution in [3.8, 4) is 22.5 Å². The Kier molecular flexibility index (Phi) is 6.90. The van der Waals surface area contributed by atoms with Crippen LogP contribution in [0.4, 0.5) is 0 Å². The molecule has 0 fully saturated rings. The molecule has 2 heterocycles. The van der Waals surface area contributed by atoms with Crippen molar-refractivity contribution < 1.29 is 10.0 Å². The summed E-state index contributed by atoms with van der Waals surface area (Å²) in [4.78, 5) is 12.2. The van der Waals surface area contributed by atoms with Crippen LogP contribution >= 0.6 is 0 Å². The van der Waals surface area contributed by atoms with Gasteiger partial charge in [-0.25, -0.2) is 9.97 Å². The van der Waals surface area contributed by atoms with Gasteiger partial charge < -0.3 is 10.0 Å². The predicted octanol–water partition coefficient (Wildman–Crippen LogP) is 5.43. The van der Waals surface area contributed by atoms with Gasteiger partial charge in [-0.2, -0.15) is 0 Å². The van der Waals surface area contributed by atoms with Crippen molar-refractivity contribution in [1.82, 2.24) is 14.9 Å². The quantitative estimate of drug-likeness (QED) is 0.222. The molecule has 0 aliphatic carbocycles. The number of hydrogen-bond donors (Lipinski definition) is 2. The highest BCUT2D eigenvalue weighted by atomic mass is 16.4. The van der Waals surface area contributed by atoms with Gasteiger partial charge in [0.2, 0.25) is 0 Å². The molecule has 0 bridgehead atoms. The fraction of sp³-hybridized carbons (Fsp3) is 0.0909. The lowest BCUT2D eigenvalue weighted by Gasteiger charge is -2.19. The van der Waals surface area contributed by atoms with Crippen molar-refractivity contribution in [3.05, 3.63) is 126 Å². The van der Waals surface area contributed by atoms with E-state index >= 15 is 0 Å². The first-order valence-corrected chi connectivity index (χ1v) is 13.0. The Balaban J connectivity index is 1.26. The van der Waals surface area contributed by atoms with Crippen LogP contribution in [0.2, 0.25) is 0 Å². The zero-order chi connectivity index (χ0) is 26.8. The lowest BCUT2D eigenvalue weighted by atomic mass is 9.77. The van der Waals surface area contributed by atoms with Crippen molar-refractivity contribution in [1.29, 1.82) is 0 Å². The normalized spacial score (nSPS) is 11.4. The molecule has 5 nitrogen and oxygen atoms in total. The molecule has 6 aromatic rings. The molecular weight excluding hydrogens is 481 g/mol. The molecule has 39 heavy (non-hydrogen) atoms. The molecule has 2 N–H and O–H groups in total. The highest BCUT2D eigenvalue weighted by Crippen LogP contribution is 2.28. The first-order chi connectivity index (χ1) is 19.0. The number of benzene rings is 4. The van der Waals surface area contributed by atoms with Crippen molar-refractivity contribution in [2.45, 2.75) is 13.1 Å². The molecule has 4 aromatic carbocycles. The molecule has 0 unspecified atom stereocenters. The average molecular weight is 509 g/mol. The minimum absolute atomic E-state index is 0.542. The van der Waals surface area contributed by atoms with Gasteiger partial charge in [0, 0.05) is 35.0 Å². The van der Waals surface area contributed by atoms with E-state index in [0.717, 1.165) is 56.4 Å². The maximum Gasteiger partial charge on any atom is 0.488 e. The first kappa shape index (κ1) is 25.0. The van der Waals surface area contributed by atoms with Crippen LogP contribution in [0.5, 0.6) is 0 Å². The average Bonchev–Trinajstić information content (AvgIpc) is 2.97. The van der Waals surface area contributed by atoms with E-state index in [9.17, 15) is 10.0 Å². The SMILES string of the molecule is CN(Cc1ccc(-c2ccc3ccc4ccc(-c5ccccc5)nc4c3n2)cc1)Cc1ccccc1B(O)O. The van der Waals surface area contributed by atoms with E-state index in [2.05, 4.69) is 77.7 Å². The second-order valence-corrected chi connectivity index (χ2v) is 9.91. The Bertz CT molecular complexity index is 1760. The summed E-state index contributed by atoms with van der Waals surface area (Å²) in [6.07, 6.45) is 0. The Hall–Kier alpha value is -4.36. The molecule has 190 valence electrons. The maximum atomic E-state index is 9.66. The number of fused-ring (bicyclic) bond motifs is 3. The van der Waals surface area contributed by atoms with Crippen molar-refractivity contribution in [2.24, 2.45) is 0 Å². The highest BCUT2D eigenvalue weighted by Gasteiger charge is 2.16. The van der Waals surface area contributed by atoms with Gasteiger partial charge in [0.25, 0.3) is 0 Å². The van der Waals surface area contributed by atoms with Gasteiger partial charge in [-0.05, 0) is 35.8 Å². The van der Waals surface area contributed by atoms with E-state index in [0.29, 0.717) is 12.0 Å². The molecule has 0 aliphatic heterocycles. The van der Waals surface area contributed by atoms with Gasteiger partial charge in [0.1, 0.15) is 0 Å². The molecule has 6 heteroatoms. The summed E-state index contributed by atoms with van der Waals surface area (Å²) < 4.78 is 0. The lowest BCUT2D eigenvalue weighted by molar-refractivity contribution is 0.319. The minimum Gasteiger partial charge on any atom is -0.423 e. The number of aromatic nitrogens is 2. The summed E-state index contributed by atoms with van der Waals surface area (Å²) in [5.74, 6) is 0. The van der Waals surface area contributed by atoms with Crippen molar-refractivity contribution >= 4 is 34.4 Å². The Labute approximate surface area is 228 Å². The monoisotopic (exact) mass is 509 g/mol. The topological polar surface area (TPSA) is 69.5 Å². The summed E-state index contributed by atoms with van der Waals surface area (Å²) in [6, 6.07) is 38.7. The molecule has 2 aromatic heterocycles. The van der Waals surface area contributed by atoms with Crippen LogP contribution in [0.3, 0.4) is 0 Å². The van der Waals surface area contributed by atoms with Crippen LogP contribution < -0.4 is 5.46 Å². The number of hydrogen-bond acceptors (Lipinski definition) is 5. The van der Waals surface area contributed by atoms with Crippen LogP contribution in [0, 0.1) is 0 Å². The van der Waals surface area contributed by atoms with Crippen LogP contribution in [0.1, 0.15) is 11.1 Å². The van der Waals surface area contributed by atoms with E-state index < -0.39 is 7.12 Å². The largest absolute Gasteiger partial charge is 0.488 e. The molecule has 0 aliphatic rings. The van der Waals surface area contributed by atoms with E-state index in [-0.39, 0.29) is 0 Å².